The van der Waals surface area contributed by atoms with Crippen LogP contribution in [0.4, 0.5) is 0 Å². The molecule has 0 unspecified atom stereocenters. The van der Waals surface area contributed by atoms with Crippen LogP contribution in [0.15, 0.2) is 18.2 Å². The molecule has 1 aliphatic rings. The Labute approximate surface area is 96.2 Å². The van der Waals surface area contributed by atoms with E-state index in [0.29, 0.717) is 0 Å². The number of carbonyl (C=O) groups excluding carboxylic acids is 1. The van der Waals surface area contributed by atoms with Gasteiger partial charge in [-0.1, -0.05) is 6.07 Å². The zero-order valence-electron chi connectivity index (χ0n) is 9.84. The van der Waals surface area contributed by atoms with E-state index in [-0.39, 0.29) is 11.9 Å². The van der Waals surface area contributed by atoms with Crippen LogP contribution in [0.2, 0.25) is 0 Å². The lowest BCUT2D eigenvalue weighted by molar-refractivity contribution is 0.0943. The van der Waals surface area contributed by atoms with Gasteiger partial charge in [0.1, 0.15) is 0 Å². The van der Waals surface area contributed by atoms with E-state index in [4.69, 9.17) is 0 Å². The molecule has 3 heteroatoms. The van der Waals surface area contributed by atoms with Gasteiger partial charge in [-0.25, -0.2) is 0 Å². The van der Waals surface area contributed by atoms with Gasteiger partial charge in [-0.15, -0.1) is 0 Å². The molecule has 1 aromatic rings. The summed E-state index contributed by atoms with van der Waals surface area (Å²) in [6.45, 7) is 5.87. The molecule has 16 heavy (non-hydrogen) atoms. The summed E-state index contributed by atoms with van der Waals surface area (Å²) in [5.41, 5.74) is 3.39. The number of amides is 1. The van der Waals surface area contributed by atoms with Crippen molar-refractivity contribution in [2.75, 3.05) is 6.54 Å². The van der Waals surface area contributed by atoms with Gasteiger partial charge in [0.15, 0.2) is 0 Å². The summed E-state index contributed by atoms with van der Waals surface area (Å²) in [6, 6.07) is 6.17. The molecule has 86 valence electrons. The summed E-state index contributed by atoms with van der Waals surface area (Å²) in [4.78, 5) is 11.8. The van der Waals surface area contributed by atoms with Gasteiger partial charge in [0.25, 0.3) is 5.91 Å². The fourth-order valence-electron chi connectivity index (χ4n) is 1.96. The maximum Gasteiger partial charge on any atom is 0.251 e. The van der Waals surface area contributed by atoms with Crippen LogP contribution in [0.3, 0.4) is 0 Å². The summed E-state index contributed by atoms with van der Waals surface area (Å²) < 4.78 is 0. The van der Waals surface area contributed by atoms with Gasteiger partial charge in [-0.05, 0) is 50.1 Å². The predicted molar refractivity (Wildman–Crippen MR) is 64.5 cm³/mol. The molecule has 0 saturated heterocycles. The second kappa shape index (κ2) is 4.66. The highest BCUT2D eigenvalue weighted by Gasteiger charge is 2.12. The molecule has 3 nitrogen and oxygen atoms in total. The van der Waals surface area contributed by atoms with Gasteiger partial charge in [0.2, 0.25) is 0 Å². The van der Waals surface area contributed by atoms with Crippen molar-refractivity contribution in [1.29, 1.82) is 0 Å². The Balaban J connectivity index is 2.19. The van der Waals surface area contributed by atoms with Crippen molar-refractivity contribution in [3.05, 3.63) is 34.9 Å². The first-order valence-corrected chi connectivity index (χ1v) is 5.80. The minimum absolute atomic E-state index is 0.0244. The number of rotatable bonds is 2. The quantitative estimate of drug-likeness (QED) is 0.789. The number of nitrogens with one attached hydrogen (secondary N) is 2. The highest BCUT2D eigenvalue weighted by Crippen LogP contribution is 2.15. The Kier molecular flexibility index (Phi) is 3.25. The van der Waals surface area contributed by atoms with Gasteiger partial charge >= 0.3 is 0 Å². The third-order valence-corrected chi connectivity index (χ3v) is 2.77. The monoisotopic (exact) mass is 218 g/mol. The molecule has 0 spiro atoms. The van der Waals surface area contributed by atoms with Crippen LogP contribution >= 0.6 is 0 Å². The summed E-state index contributed by atoms with van der Waals surface area (Å²) in [5.74, 6) is 0.0244. The van der Waals surface area contributed by atoms with E-state index in [2.05, 4.69) is 16.7 Å². The number of benzene rings is 1. The Morgan fingerprint density at radius 3 is 2.94 bits per heavy atom. The summed E-state index contributed by atoms with van der Waals surface area (Å²) in [6.07, 6.45) is 1.01. The highest BCUT2D eigenvalue weighted by atomic mass is 16.1. The second-order valence-electron chi connectivity index (χ2n) is 4.54. The van der Waals surface area contributed by atoms with E-state index >= 15 is 0 Å². The van der Waals surface area contributed by atoms with Crippen LogP contribution in [0, 0.1) is 0 Å². The average Bonchev–Trinajstić information content (AvgIpc) is 2.27. The van der Waals surface area contributed by atoms with Crippen LogP contribution in [-0.2, 0) is 13.0 Å². The molecular weight excluding hydrogens is 200 g/mol. The molecule has 0 atom stereocenters. The van der Waals surface area contributed by atoms with Crippen molar-refractivity contribution in [3.63, 3.8) is 0 Å². The van der Waals surface area contributed by atoms with Crippen molar-refractivity contribution >= 4 is 5.91 Å². The number of hydrogen-bond donors (Lipinski definition) is 2. The third kappa shape index (κ3) is 2.42. The maximum atomic E-state index is 11.8. The molecule has 0 aromatic heterocycles. The van der Waals surface area contributed by atoms with Gasteiger partial charge in [0, 0.05) is 18.2 Å². The molecule has 0 bridgehead atoms. The molecule has 0 fully saturated rings. The van der Waals surface area contributed by atoms with Gasteiger partial charge in [0.05, 0.1) is 0 Å². The average molecular weight is 218 g/mol. The number of carbonyl (C=O) groups is 1. The van der Waals surface area contributed by atoms with Crippen molar-refractivity contribution < 1.29 is 4.79 Å². The first-order chi connectivity index (χ1) is 7.66. The fraction of sp³-hybridized carbons (Fsp3) is 0.462. The molecule has 1 heterocycles. The Morgan fingerprint density at radius 2 is 2.19 bits per heavy atom. The van der Waals surface area contributed by atoms with Gasteiger partial charge in [-0.3, -0.25) is 4.79 Å². The summed E-state index contributed by atoms with van der Waals surface area (Å²) >= 11 is 0. The third-order valence-electron chi connectivity index (χ3n) is 2.77. The molecule has 1 amide bonds. The van der Waals surface area contributed by atoms with Gasteiger partial charge < -0.3 is 10.6 Å². The molecule has 1 aliphatic heterocycles. The standard InChI is InChI=1S/C13H18N2O/c1-9(2)15-13(16)11-3-4-12-8-14-6-5-10(12)7-11/h3-4,7,9,14H,5-6,8H2,1-2H3,(H,15,16). The van der Waals surface area contributed by atoms with E-state index in [9.17, 15) is 4.79 Å². The molecule has 2 rings (SSSR count). The van der Waals surface area contributed by atoms with E-state index in [1.165, 1.54) is 11.1 Å². The maximum absolute atomic E-state index is 11.8. The summed E-state index contributed by atoms with van der Waals surface area (Å²) in [5, 5.41) is 6.23. The molecule has 0 aliphatic carbocycles. The second-order valence-corrected chi connectivity index (χ2v) is 4.54. The van der Waals surface area contributed by atoms with E-state index in [0.717, 1.165) is 25.1 Å². The first-order valence-electron chi connectivity index (χ1n) is 5.80. The van der Waals surface area contributed by atoms with Crippen LogP contribution in [0.5, 0.6) is 0 Å². The van der Waals surface area contributed by atoms with Crippen LogP contribution in [0.1, 0.15) is 35.3 Å². The minimum atomic E-state index is 0.0244. The molecule has 1 aromatic carbocycles. The van der Waals surface area contributed by atoms with Crippen molar-refractivity contribution in [2.45, 2.75) is 32.9 Å². The topological polar surface area (TPSA) is 41.1 Å². The minimum Gasteiger partial charge on any atom is -0.350 e. The summed E-state index contributed by atoms with van der Waals surface area (Å²) in [7, 11) is 0. The van der Waals surface area contributed by atoms with Gasteiger partial charge in [-0.2, -0.15) is 0 Å². The molecular formula is C13H18N2O. The zero-order chi connectivity index (χ0) is 11.5. The predicted octanol–water partition coefficient (Wildman–Crippen LogP) is 1.47. The van der Waals surface area contributed by atoms with Crippen LogP contribution in [0.25, 0.3) is 0 Å². The zero-order valence-corrected chi connectivity index (χ0v) is 9.84. The fourth-order valence-corrected chi connectivity index (χ4v) is 1.96. The number of fused-ring (bicyclic) bond motifs is 1. The molecule has 2 N–H and O–H groups in total. The van der Waals surface area contributed by atoms with Crippen molar-refractivity contribution in [1.82, 2.24) is 10.6 Å². The van der Waals surface area contributed by atoms with Crippen LogP contribution in [-0.4, -0.2) is 18.5 Å². The number of hydrogen-bond acceptors (Lipinski definition) is 2. The lowest BCUT2D eigenvalue weighted by Crippen LogP contribution is -2.30. The highest BCUT2D eigenvalue weighted by molar-refractivity contribution is 5.94. The Hall–Kier alpha value is -1.35. The van der Waals surface area contributed by atoms with Crippen LogP contribution < -0.4 is 10.6 Å². The SMILES string of the molecule is CC(C)NC(=O)c1ccc2c(c1)CCNC2. The lowest BCUT2D eigenvalue weighted by Gasteiger charge is -2.18. The first kappa shape index (κ1) is 11.1. The smallest absolute Gasteiger partial charge is 0.251 e. The Morgan fingerprint density at radius 1 is 1.38 bits per heavy atom. The molecule has 0 saturated carbocycles. The van der Waals surface area contributed by atoms with Crippen molar-refractivity contribution in [3.8, 4) is 0 Å². The van der Waals surface area contributed by atoms with E-state index < -0.39 is 0 Å². The largest absolute Gasteiger partial charge is 0.350 e. The van der Waals surface area contributed by atoms with E-state index in [1.807, 2.05) is 26.0 Å². The normalized spacial score (nSPS) is 14.7. The van der Waals surface area contributed by atoms with Crippen molar-refractivity contribution in [2.24, 2.45) is 0 Å². The Bertz CT molecular complexity index is 399. The molecule has 0 radical (unpaired) electrons. The lowest BCUT2D eigenvalue weighted by atomic mass is 9.98. The van der Waals surface area contributed by atoms with E-state index in [1.54, 1.807) is 0 Å².